The lowest BCUT2D eigenvalue weighted by Crippen LogP contribution is -2.23. The van der Waals surface area contributed by atoms with E-state index in [-0.39, 0.29) is 4.65 Å². The van der Waals surface area contributed by atoms with Crippen LogP contribution in [0, 0.1) is 5.21 Å². The van der Waals surface area contributed by atoms with Gasteiger partial charge in [0.05, 0.1) is 20.3 Å². The number of rotatable bonds is 20. The summed E-state index contributed by atoms with van der Waals surface area (Å²) in [7, 11) is 3.32. The fourth-order valence-electron chi connectivity index (χ4n) is 3.49. The van der Waals surface area contributed by atoms with Crippen LogP contribution in [-0.4, -0.2) is 18.7 Å². The number of hydrogen-bond donors (Lipinski definition) is 0. The van der Waals surface area contributed by atoms with Gasteiger partial charge >= 0.3 is 0 Å². The molecule has 0 aromatic rings. The molecule has 0 bridgehead atoms. The van der Waals surface area contributed by atoms with Crippen molar-refractivity contribution in [2.45, 2.75) is 129 Å². The normalized spacial score (nSPS) is 12.3. The Bertz CT molecular complexity index is 293. The van der Waals surface area contributed by atoms with Crippen LogP contribution in [0.3, 0.4) is 0 Å². The molecule has 2 heteroatoms. The summed E-state index contributed by atoms with van der Waals surface area (Å²) in [5.74, 6) is 0. The summed E-state index contributed by atoms with van der Waals surface area (Å²) in [5.41, 5.74) is 0. The third-order valence-corrected chi connectivity index (χ3v) is 5.19. The average Bonchev–Trinajstić information content (AvgIpc) is 2.59. The van der Waals surface area contributed by atoms with Gasteiger partial charge in [0.1, 0.15) is 0 Å². The van der Waals surface area contributed by atoms with Crippen molar-refractivity contribution >= 4 is 0 Å². The highest BCUT2D eigenvalue weighted by atomic mass is 16.5. The van der Waals surface area contributed by atoms with E-state index in [1.165, 1.54) is 116 Å². The summed E-state index contributed by atoms with van der Waals surface area (Å²) in [6, 6.07) is 0. The highest BCUT2D eigenvalue weighted by Gasteiger charge is 1.95. The molecule has 0 fully saturated rings. The van der Waals surface area contributed by atoms with E-state index in [1.807, 2.05) is 6.08 Å². The maximum Gasteiger partial charge on any atom is 0.0913 e. The lowest BCUT2D eigenvalue weighted by molar-refractivity contribution is -0.785. The molecule has 2 nitrogen and oxygen atoms in total. The van der Waals surface area contributed by atoms with Crippen LogP contribution < -0.4 is 0 Å². The maximum atomic E-state index is 11.3. The average molecular weight is 368 g/mol. The van der Waals surface area contributed by atoms with Crippen LogP contribution in [0.4, 0.5) is 0 Å². The molecular formula is C24H49NO. The van der Waals surface area contributed by atoms with Gasteiger partial charge in [0.15, 0.2) is 0 Å². The number of unbranched alkanes of at least 4 members (excludes halogenated alkanes) is 18. The molecule has 0 spiro atoms. The Balaban J connectivity index is 3.06. The minimum absolute atomic E-state index is 0.307. The fraction of sp³-hybridized carbons (Fsp3) is 0.917. The Kier molecular flexibility index (Phi) is 19.2. The molecule has 0 saturated heterocycles. The monoisotopic (exact) mass is 367 g/mol. The zero-order valence-electron chi connectivity index (χ0n) is 18.4. The van der Waals surface area contributed by atoms with Crippen molar-refractivity contribution in [1.82, 2.24) is 0 Å². The molecule has 0 aromatic carbocycles. The van der Waals surface area contributed by atoms with Gasteiger partial charge in [0.25, 0.3) is 0 Å². The molecule has 26 heavy (non-hydrogen) atoms. The number of hydroxylamine groups is 3. The van der Waals surface area contributed by atoms with Gasteiger partial charge in [-0.05, 0) is 18.9 Å². The molecule has 156 valence electrons. The summed E-state index contributed by atoms with van der Waals surface area (Å²) < 4.78 is -0.307. The van der Waals surface area contributed by atoms with E-state index >= 15 is 0 Å². The zero-order chi connectivity index (χ0) is 19.3. The molecule has 0 aliphatic rings. The van der Waals surface area contributed by atoms with Gasteiger partial charge in [0, 0.05) is 0 Å². The van der Waals surface area contributed by atoms with E-state index in [0.29, 0.717) is 0 Å². The van der Waals surface area contributed by atoms with E-state index in [9.17, 15) is 5.21 Å². The number of nitrogens with zero attached hydrogens (tertiary/aromatic N) is 1. The Morgan fingerprint density at radius 2 is 0.846 bits per heavy atom. The van der Waals surface area contributed by atoms with E-state index in [0.717, 1.165) is 6.42 Å². The first-order valence-corrected chi connectivity index (χ1v) is 11.8. The summed E-state index contributed by atoms with van der Waals surface area (Å²) in [5, 5.41) is 11.3. The molecule has 0 amide bonds. The molecule has 0 N–H and O–H groups in total. The molecule has 0 radical (unpaired) electrons. The maximum absolute atomic E-state index is 11.3. The van der Waals surface area contributed by atoms with Crippen LogP contribution in [0.15, 0.2) is 12.3 Å². The van der Waals surface area contributed by atoms with Gasteiger partial charge in [-0.2, -0.15) is 0 Å². The van der Waals surface area contributed by atoms with Crippen LogP contribution in [0.2, 0.25) is 0 Å². The predicted octanol–water partition coefficient (Wildman–Crippen LogP) is 8.51. The van der Waals surface area contributed by atoms with Gasteiger partial charge in [-0.25, -0.2) is 0 Å². The third-order valence-electron chi connectivity index (χ3n) is 5.19. The molecule has 0 saturated carbocycles. The molecule has 0 atom stereocenters. The summed E-state index contributed by atoms with van der Waals surface area (Å²) >= 11 is 0. The van der Waals surface area contributed by atoms with Crippen LogP contribution in [0.5, 0.6) is 0 Å². The molecular weight excluding hydrogens is 318 g/mol. The zero-order valence-corrected chi connectivity index (χ0v) is 18.4. The van der Waals surface area contributed by atoms with Gasteiger partial charge in [0.2, 0.25) is 0 Å². The first-order chi connectivity index (χ1) is 12.6. The molecule has 0 aliphatic heterocycles. The van der Waals surface area contributed by atoms with Crippen molar-refractivity contribution in [3.05, 3.63) is 17.5 Å². The van der Waals surface area contributed by atoms with Crippen LogP contribution in [0.25, 0.3) is 0 Å². The molecule has 0 heterocycles. The number of hydrogen-bond acceptors (Lipinski definition) is 1. The van der Waals surface area contributed by atoms with Crippen LogP contribution >= 0.6 is 0 Å². The van der Waals surface area contributed by atoms with Crippen molar-refractivity contribution in [2.24, 2.45) is 0 Å². The van der Waals surface area contributed by atoms with Gasteiger partial charge < -0.3 is 9.85 Å². The minimum Gasteiger partial charge on any atom is -0.628 e. The highest BCUT2D eigenvalue weighted by Crippen LogP contribution is 2.14. The summed E-state index contributed by atoms with van der Waals surface area (Å²) in [6.07, 6.45) is 30.4. The first-order valence-electron chi connectivity index (χ1n) is 11.8. The van der Waals surface area contributed by atoms with Crippen molar-refractivity contribution in [3.63, 3.8) is 0 Å². The predicted molar refractivity (Wildman–Crippen MR) is 118 cm³/mol. The lowest BCUT2D eigenvalue weighted by Gasteiger charge is -2.28. The van der Waals surface area contributed by atoms with Crippen molar-refractivity contribution in [2.75, 3.05) is 14.1 Å². The van der Waals surface area contributed by atoms with Crippen molar-refractivity contribution in [3.8, 4) is 0 Å². The molecule has 0 aromatic heterocycles. The smallest absolute Gasteiger partial charge is 0.0913 e. The topological polar surface area (TPSA) is 23.1 Å². The largest absolute Gasteiger partial charge is 0.628 e. The Morgan fingerprint density at radius 3 is 1.15 bits per heavy atom. The van der Waals surface area contributed by atoms with Gasteiger partial charge in [-0.1, -0.05) is 116 Å². The standard InChI is InChI=1S/C24H49NO/c1-4-5-6-7-8-9-10-11-12-13-14-15-16-17-18-19-20-21-22-23-24-25(2,3)26/h23-24H,4-22H2,1-3H3. The van der Waals surface area contributed by atoms with Gasteiger partial charge in [-0.3, -0.25) is 0 Å². The van der Waals surface area contributed by atoms with E-state index in [1.54, 1.807) is 20.3 Å². The SMILES string of the molecule is CCCCCCCCCCCCCCCCCCCCC=C[N+](C)(C)[O-]. The number of quaternary nitrogens is 1. The molecule has 0 rings (SSSR count). The fourth-order valence-corrected chi connectivity index (χ4v) is 3.49. The highest BCUT2D eigenvalue weighted by molar-refractivity contribution is 4.73. The quantitative estimate of drug-likeness (QED) is 0.120. The minimum atomic E-state index is -0.307. The van der Waals surface area contributed by atoms with E-state index < -0.39 is 0 Å². The molecule has 0 aliphatic carbocycles. The van der Waals surface area contributed by atoms with Crippen LogP contribution in [0.1, 0.15) is 129 Å². The Labute approximate surface area is 165 Å². The summed E-state index contributed by atoms with van der Waals surface area (Å²) in [6.45, 7) is 2.29. The van der Waals surface area contributed by atoms with Crippen LogP contribution in [-0.2, 0) is 0 Å². The van der Waals surface area contributed by atoms with Crippen molar-refractivity contribution in [1.29, 1.82) is 0 Å². The van der Waals surface area contributed by atoms with Gasteiger partial charge in [-0.15, -0.1) is 0 Å². The second-order valence-corrected chi connectivity index (χ2v) is 8.62. The Hall–Kier alpha value is -0.340. The second-order valence-electron chi connectivity index (χ2n) is 8.62. The third kappa shape index (κ3) is 23.7. The van der Waals surface area contributed by atoms with E-state index in [4.69, 9.17) is 0 Å². The molecule has 0 unspecified atom stereocenters. The first kappa shape index (κ1) is 25.7. The van der Waals surface area contributed by atoms with Crippen molar-refractivity contribution < 1.29 is 4.65 Å². The second kappa shape index (κ2) is 19.4. The summed E-state index contributed by atoms with van der Waals surface area (Å²) in [4.78, 5) is 0. The lowest BCUT2D eigenvalue weighted by atomic mass is 10.0. The number of allylic oxidation sites excluding steroid dienone is 1. The Morgan fingerprint density at radius 1 is 0.538 bits per heavy atom. The van der Waals surface area contributed by atoms with E-state index in [2.05, 4.69) is 6.92 Å².